The smallest absolute Gasteiger partial charge is 0.315 e. The van der Waals surface area contributed by atoms with Crippen LogP contribution in [0.3, 0.4) is 0 Å². The number of rotatable bonds is 8. The second-order valence-electron chi connectivity index (χ2n) is 5.79. The van der Waals surface area contributed by atoms with Crippen molar-refractivity contribution in [3.8, 4) is 17.2 Å². The summed E-state index contributed by atoms with van der Waals surface area (Å²) in [5.74, 6) is 2.20. The van der Waals surface area contributed by atoms with Crippen LogP contribution in [0.5, 0.6) is 17.2 Å². The van der Waals surface area contributed by atoms with E-state index in [1.165, 1.54) is 0 Å². The molecule has 0 aliphatic rings. The Balaban J connectivity index is 1.89. The highest BCUT2D eigenvalue weighted by Gasteiger charge is 2.15. The van der Waals surface area contributed by atoms with E-state index in [-0.39, 0.29) is 12.1 Å². The zero-order chi connectivity index (χ0) is 18.9. The monoisotopic (exact) mass is 358 g/mol. The fraction of sp³-hybridized carbons (Fsp3) is 0.350. The molecule has 0 spiro atoms. The summed E-state index contributed by atoms with van der Waals surface area (Å²) >= 11 is 0. The number of hydrogen-bond acceptors (Lipinski definition) is 4. The third-order valence-corrected chi connectivity index (χ3v) is 4.13. The molecular formula is C20H26N2O4. The lowest BCUT2D eigenvalue weighted by molar-refractivity contribution is 0.237. The van der Waals surface area contributed by atoms with Crippen LogP contribution in [0.25, 0.3) is 0 Å². The molecule has 6 heteroatoms. The first-order valence-electron chi connectivity index (χ1n) is 8.47. The van der Waals surface area contributed by atoms with E-state index in [2.05, 4.69) is 10.6 Å². The SMILES string of the molecule is COc1ccc(C(C)NC(=O)NCCc2ccccc2OC)c(OC)c1. The van der Waals surface area contributed by atoms with Gasteiger partial charge in [-0.2, -0.15) is 0 Å². The highest BCUT2D eigenvalue weighted by atomic mass is 16.5. The first kappa shape index (κ1) is 19.4. The number of methoxy groups -OCH3 is 3. The molecule has 0 aliphatic heterocycles. The van der Waals surface area contributed by atoms with E-state index >= 15 is 0 Å². The van der Waals surface area contributed by atoms with Gasteiger partial charge in [0.15, 0.2) is 0 Å². The van der Waals surface area contributed by atoms with Gasteiger partial charge in [-0.15, -0.1) is 0 Å². The van der Waals surface area contributed by atoms with E-state index in [1.54, 1.807) is 27.4 Å². The molecule has 1 unspecified atom stereocenters. The lowest BCUT2D eigenvalue weighted by Gasteiger charge is -2.18. The van der Waals surface area contributed by atoms with Crippen LogP contribution < -0.4 is 24.8 Å². The van der Waals surface area contributed by atoms with Crippen LogP contribution in [0.1, 0.15) is 24.1 Å². The van der Waals surface area contributed by atoms with Gasteiger partial charge in [-0.05, 0) is 37.1 Å². The maximum Gasteiger partial charge on any atom is 0.315 e. The van der Waals surface area contributed by atoms with Gasteiger partial charge < -0.3 is 24.8 Å². The third-order valence-electron chi connectivity index (χ3n) is 4.13. The van der Waals surface area contributed by atoms with Crippen molar-refractivity contribution in [3.63, 3.8) is 0 Å². The number of urea groups is 1. The van der Waals surface area contributed by atoms with Crippen LogP contribution in [-0.2, 0) is 6.42 Å². The van der Waals surface area contributed by atoms with Crippen LogP contribution in [0, 0.1) is 0 Å². The summed E-state index contributed by atoms with van der Waals surface area (Å²) in [7, 11) is 4.84. The van der Waals surface area contributed by atoms with Crippen molar-refractivity contribution < 1.29 is 19.0 Å². The summed E-state index contributed by atoms with van der Waals surface area (Å²) < 4.78 is 15.9. The van der Waals surface area contributed by atoms with E-state index < -0.39 is 0 Å². The van der Waals surface area contributed by atoms with E-state index in [1.807, 2.05) is 43.3 Å². The molecule has 2 aromatic rings. The topological polar surface area (TPSA) is 68.8 Å². The minimum atomic E-state index is -0.231. The van der Waals surface area contributed by atoms with Gasteiger partial charge in [-0.25, -0.2) is 4.79 Å². The molecule has 0 heterocycles. The van der Waals surface area contributed by atoms with Gasteiger partial charge in [0.05, 0.1) is 27.4 Å². The number of nitrogens with one attached hydrogen (secondary N) is 2. The summed E-state index contributed by atoms with van der Waals surface area (Å²) in [4.78, 5) is 12.2. The first-order valence-corrected chi connectivity index (χ1v) is 8.47. The number of carbonyl (C=O) groups is 1. The molecule has 1 atom stereocenters. The quantitative estimate of drug-likeness (QED) is 0.760. The first-order chi connectivity index (χ1) is 12.6. The van der Waals surface area contributed by atoms with Crippen molar-refractivity contribution in [2.45, 2.75) is 19.4 Å². The second kappa shape index (κ2) is 9.56. The van der Waals surface area contributed by atoms with Crippen LogP contribution in [0.15, 0.2) is 42.5 Å². The summed E-state index contributed by atoms with van der Waals surface area (Å²) in [6.07, 6.45) is 0.692. The third kappa shape index (κ3) is 5.05. The van der Waals surface area contributed by atoms with Crippen molar-refractivity contribution in [1.82, 2.24) is 10.6 Å². The normalized spacial score (nSPS) is 11.4. The number of carbonyl (C=O) groups excluding carboxylic acids is 1. The van der Waals surface area contributed by atoms with E-state index in [0.717, 1.165) is 16.9 Å². The minimum Gasteiger partial charge on any atom is -0.497 e. The maximum atomic E-state index is 12.2. The van der Waals surface area contributed by atoms with Crippen molar-refractivity contribution in [3.05, 3.63) is 53.6 Å². The molecule has 0 aromatic heterocycles. The number of amides is 2. The van der Waals surface area contributed by atoms with Crippen LogP contribution in [0.4, 0.5) is 4.79 Å². The molecule has 2 N–H and O–H groups in total. The molecule has 0 radical (unpaired) electrons. The largest absolute Gasteiger partial charge is 0.497 e. The van der Waals surface area contributed by atoms with Gasteiger partial charge >= 0.3 is 6.03 Å². The van der Waals surface area contributed by atoms with Crippen molar-refractivity contribution >= 4 is 6.03 Å². The van der Waals surface area contributed by atoms with Gasteiger partial charge in [0.25, 0.3) is 0 Å². The van der Waals surface area contributed by atoms with Gasteiger partial charge in [0, 0.05) is 18.2 Å². The van der Waals surface area contributed by atoms with Crippen molar-refractivity contribution in [2.75, 3.05) is 27.9 Å². The molecule has 0 bridgehead atoms. The Morgan fingerprint density at radius 2 is 1.73 bits per heavy atom. The van der Waals surface area contributed by atoms with E-state index in [4.69, 9.17) is 14.2 Å². The van der Waals surface area contributed by atoms with Crippen molar-refractivity contribution in [2.24, 2.45) is 0 Å². The maximum absolute atomic E-state index is 12.2. The molecule has 0 saturated heterocycles. The van der Waals surface area contributed by atoms with Gasteiger partial charge in [-0.3, -0.25) is 0 Å². The Kier molecular flexibility index (Phi) is 7.14. The van der Waals surface area contributed by atoms with Crippen LogP contribution in [-0.4, -0.2) is 33.9 Å². The molecular weight excluding hydrogens is 332 g/mol. The van der Waals surface area contributed by atoms with Crippen LogP contribution in [0.2, 0.25) is 0 Å². The average Bonchev–Trinajstić information content (AvgIpc) is 2.67. The fourth-order valence-corrected chi connectivity index (χ4v) is 2.72. The summed E-state index contributed by atoms with van der Waals surface area (Å²) in [6.45, 7) is 2.42. The highest BCUT2D eigenvalue weighted by molar-refractivity contribution is 5.74. The predicted octanol–water partition coefficient (Wildman–Crippen LogP) is 3.32. The molecule has 140 valence electrons. The molecule has 2 amide bonds. The number of hydrogen-bond donors (Lipinski definition) is 2. The molecule has 0 fully saturated rings. The Hall–Kier alpha value is -2.89. The second-order valence-corrected chi connectivity index (χ2v) is 5.79. The Labute approximate surface area is 154 Å². The van der Waals surface area contributed by atoms with Crippen molar-refractivity contribution in [1.29, 1.82) is 0 Å². The summed E-state index contributed by atoms with van der Waals surface area (Å²) in [5.41, 5.74) is 1.94. The lowest BCUT2D eigenvalue weighted by atomic mass is 10.1. The lowest BCUT2D eigenvalue weighted by Crippen LogP contribution is -2.38. The zero-order valence-corrected chi connectivity index (χ0v) is 15.7. The summed E-state index contributed by atoms with van der Waals surface area (Å²) in [5, 5.41) is 5.79. The van der Waals surface area contributed by atoms with E-state index in [0.29, 0.717) is 24.5 Å². The molecule has 26 heavy (non-hydrogen) atoms. The molecule has 2 rings (SSSR count). The average molecular weight is 358 g/mol. The predicted molar refractivity (Wildman–Crippen MR) is 101 cm³/mol. The minimum absolute atomic E-state index is 0.206. The molecule has 0 aliphatic carbocycles. The Bertz CT molecular complexity index is 734. The number of para-hydroxylation sites is 1. The van der Waals surface area contributed by atoms with Gasteiger partial charge in [-0.1, -0.05) is 18.2 Å². The van der Waals surface area contributed by atoms with Gasteiger partial charge in [0.2, 0.25) is 0 Å². The summed E-state index contributed by atoms with van der Waals surface area (Å²) in [6, 6.07) is 12.9. The molecule has 2 aromatic carbocycles. The standard InChI is InChI=1S/C20H26N2O4/c1-14(17-10-9-16(24-2)13-19(17)26-4)22-20(23)21-12-11-15-7-5-6-8-18(15)25-3/h5-10,13-14H,11-12H2,1-4H3,(H2,21,22,23). The highest BCUT2D eigenvalue weighted by Crippen LogP contribution is 2.29. The van der Waals surface area contributed by atoms with E-state index in [9.17, 15) is 4.79 Å². The van der Waals surface area contributed by atoms with Crippen LogP contribution >= 0.6 is 0 Å². The number of ether oxygens (including phenoxy) is 3. The van der Waals surface area contributed by atoms with Gasteiger partial charge in [0.1, 0.15) is 17.2 Å². The zero-order valence-electron chi connectivity index (χ0n) is 15.7. The Morgan fingerprint density at radius 1 is 1.00 bits per heavy atom. The Morgan fingerprint density at radius 3 is 2.42 bits per heavy atom. The molecule has 6 nitrogen and oxygen atoms in total. The fourth-order valence-electron chi connectivity index (χ4n) is 2.72. The molecule has 0 saturated carbocycles. The number of benzene rings is 2.